The van der Waals surface area contributed by atoms with Crippen LogP contribution in [0.3, 0.4) is 0 Å². The Morgan fingerprint density at radius 3 is 2.78 bits per heavy atom. The smallest absolute Gasteiger partial charge is 0.224 e. The summed E-state index contributed by atoms with van der Waals surface area (Å²) >= 11 is 0. The number of aliphatic imine (C=N–C) groups is 1. The number of amides is 1. The predicted octanol–water partition coefficient (Wildman–Crippen LogP) is 3.02. The van der Waals surface area contributed by atoms with Gasteiger partial charge in [-0.25, -0.2) is 9.37 Å². The molecule has 1 aromatic carbocycles. The largest absolute Gasteiger partial charge is 0.357 e. The molecule has 1 aliphatic heterocycles. The zero-order chi connectivity index (χ0) is 22.1. The molecule has 2 N–H and O–H groups in total. The highest BCUT2D eigenvalue weighted by atomic mass is 127. The highest BCUT2D eigenvalue weighted by Crippen LogP contribution is 2.20. The van der Waals surface area contributed by atoms with E-state index in [-0.39, 0.29) is 41.7 Å². The lowest BCUT2D eigenvalue weighted by Gasteiger charge is -2.20. The first-order valence-corrected chi connectivity index (χ1v) is 10.7. The summed E-state index contributed by atoms with van der Waals surface area (Å²) in [5.74, 6) is 0.818. The zero-order valence-corrected chi connectivity index (χ0v) is 21.0. The van der Waals surface area contributed by atoms with Gasteiger partial charge in [0.25, 0.3) is 0 Å². The van der Waals surface area contributed by atoms with Gasteiger partial charge in [0.2, 0.25) is 5.91 Å². The molecule has 0 saturated carbocycles. The van der Waals surface area contributed by atoms with Crippen molar-refractivity contribution in [3.63, 3.8) is 0 Å². The van der Waals surface area contributed by atoms with Crippen molar-refractivity contribution in [2.24, 2.45) is 4.99 Å². The van der Waals surface area contributed by atoms with E-state index < -0.39 is 0 Å². The fraction of sp³-hybridized carbons (Fsp3) is 0.435. The van der Waals surface area contributed by atoms with Gasteiger partial charge in [0.05, 0.1) is 6.54 Å². The third-order valence-electron chi connectivity index (χ3n) is 5.20. The molecule has 1 amide bonds. The SMILES string of the molecule is CCNC(=NCCC(=O)N(C)Cc1ccccc1)NC1CCN(c2ncccc2F)C1.I. The van der Waals surface area contributed by atoms with E-state index in [1.54, 1.807) is 17.2 Å². The van der Waals surface area contributed by atoms with Gasteiger partial charge in [-0.2, -0.15) is 0 Å². The Morgan fingerprint density at radius 1 is 1.28 bits per heavy atom. The molecule has 32 heavy (non-hydrogen) atoms. The molecular weight excluding hydrogens is 522 g/mol. The number of benzene rings is 1. The van der Waals surface area contributed by atoms with Crippen molar-refractivity contribution in [2.45, 2.75) is 32.4 Å². The lowest BCUT2D eigenvalue weighted by Crippen LogP contribution is -2.44. The van der Waals surface area contributed by atoms with E-state index in [4.69, 9.17) is 0 Å². The summed E-state index contributed by atoms with van der Waals surface area (Å²) in [4.78, 5) is 24.8. The summed E-state index contributed by atoms with van der Waals surface area (Å²) in [6.07, 6.45) is 2.81. The third-order valence-corrected chi connectivity index (χ3v) is 5.20. The van der Waals surface area contributed by atoms with Gasteiger partial charge in [-0.3, -0.25) is 9.79 Å². The van der Waals surface area contributed by atoms with Crippen molar-refractivity contribution in [3.05, 3.63) is 60.0 Å². The van der Waals surface area contributed by atoms with Crippen molar-refractivity contribution in [1.82, 2.24) is 20.5 Å². The maximum absolute atomic E-state index is 14.0. The van der Waals surface area contributed by atoms with Crippen LogP contribution >= 0.6 is 24.0 Å². The summed E-state index contributed by atoms with van der Waals surface area (Å²) < 4.78 is 14.0. The number of rotatable bonds is 8. The molecule has 1 aliphatic rings. The van der Waals surface area contributed by atoms with Crippen molar-refractivity contribution in [3.8, 4) is 0 Å². The van der Waals surface area contributed by atoms with Gasteiger partial charge >= 0.3 is 0 Å². The van der Waals surface area contributed by atoms with Gasteiger partial charge in [0.1, 0.15) is 0 Å². The molecule has 174 valence electrons. The first-order chi connectivity index (χ1) is 15.1. The predicted molar refractivity (Wildman–Crippen MR) is 137 cm³/mol. The highest BCUT2D eigenvalue weighted by molar-refractivity contribution is 14.0. The van der Waals surface area contributed by atoms with Crippen LogP contribution in [0, 0.1) is 5.82 Å². The molecule has 1 atom stereocenters. The standard InChI is InChI=1S/C23H31FN6O.HI/c1-3-25-23(27-14-11-21(31)29(2)16-18-8-5-4-6-9-18)28-19-12-15-30(17-19)22-20(24)10-7-13-26-22;/h4-10,13,19H,3,11-12,14-17H2,1-2H3,(H2,25,27,28);1H. The van der Waals surface area contributed by atoms with Crippen LogP contribution in [0.15, 0.2) is 53.7 Å². The van der Waals surface area contributed by atoms with Gasteiger partial charge in [-0.1, -0.05) is 30.3 Å². The molecule has 1 unspecified atom stereocenters. The number of carbonyl (C=O) groups excluding carboxylic acids is 1. The fourth-order valence-corrected chi connectivity index (χ4v) is 3.59. The van der Waals surface area contributed by atoms with Crippen LogP contribution in [-0.4, -0.2) is 61.0 Å². The maximum atomic E-state index is 14.0. The quantitative estimate of drug-likeness (QED) is 0.298. The van der Waals surface area contributed by atoms with E-state index in [0.717, 1.165) is 25.1 Å². The van der Waals surface area contributed by atoms with Gasteiger partial charge in [-0.15, -0.1) is 24.0 Å². The maximum Gasteiger partial charge on any atom is 0.224 e. The topological polar surface area (TPSA) is 72.9 Å². The average molecular weight is 554 g/mol. The lowest BCUT2D eigenvalue weighted by molar-refractivity contribution is -0.130. The van der Waals surface area contributed by atoms with Crippen LogP contribution in [-0.2, 0) is 11.3 Å². The van der Waals surface area contributed by atoms with E-state index >= 15 is 0 Å². The number of pyridine rings is 1. The molecule has 0 spiro atoms. The first kappa shape index (κ1) is 25.8. The van der Waals surface area contributed by atoms with E-state index in [0.29, 0.717) is 37.8 Å². The van der Waals surface area contributed by atoms with Crippen LogP contribution in [0.4, 0.5) is 10.2 Å². The van der Waals surface area contributed by atoms with E-state index in [1.165, 1.54) is 6.07 Å². The number of nitrogens with zero attached hydrogens (tertiary/aromatic N) is 4. The van der Waals surface area contributed by atoms with Gasteiger partial charge in [0, 0.05) is 51.9 Å². The minimum atomic E-state index is -0.304. The van der Waals surface area contributed by atoms with Crippen LogP contribution in [0.25, 0.3) is 0 Å². The highest BCUT2D eigenvalue weighted by Gasteiger charge is 2.26. The van der Waals surface area contributed by atoms with Crippen LogP contribution < -0.4 is 15.5 Å². The second-order valence-electron chi connectivity index (χ2n) is 7.63. The molecule has 0 aliphatic carbocycles. The number of guanidine groups is 1. The average Bonchev–Trinajstić information content (AvgIpc) is 3.23. The van der Waals surface area contributed by atoms with Gasteiger partial charge in [0.15, 0.2) is 17.6 Å². The minimum Gasteiger partial charge on any atom is -0.357 e. The van der Waals surface area contributed by atoms with Crippen molar-refractivity contribution < 1.29 is 9.18 Å². The zero-order valence-electron chi connectivity index (χ0n) is 18.6. The normalized spacial score (nSPS) is 15.8. The molecule has 9 heteroatoms. The van der Waals surface area contributed by atoms with E-state index in [2.05, 4.69) is 20.6 Å². The number of aromatic nitrogens is 1. The minimum absolute atomic E-state index is 0. The Kier molecular flexibility index (Phi) is 10.6. The molecular formula is C23H32FIN6O. The molecule has 1 saturated heterocycles. The summed E-state index contributed by atoms with van der Waals surface area (Å²) in [6.45, 7) is 5.09. The molecule has 1 aromatic heterocycles. The van der Waals surface area contributed by atoms with Crippen molar-refractivity contribution in [2.75, 3.05) is 38.1 Å². The number of nitrogens with one attached hydrogen (secondary N) is 2. The van der Waals surface area contributed by atoms with Crippen molar-refractivity contribution in [1.29, 1.82) is 0 Å². The number of halogens is 2. The third kappa shape index (κ3) is 7.61. The van der Waals surface area contributed by atoms with Crippen LogP contribution in [0.1, 0.15) is 25.3 Å². The first-order valence-electron chi connectivity index (χ1n) is 10.7. The molecule has 2 aromatic rings. The summed E-state index contributed by atoms with van der Waals surface area (Å²) in [5.41, 5.74) is 1.10. The number of anilines is 1. The Labute approximate surface area is 206 Å². The second kappa shape index (κ2) is 13.2. The Morgan fingerprint density at radius 2 is 2.06 bits per heavy atom. The Hall–Kier alpha value is -2.43. The molecule has 1 fully saturated rings. The van der Waals surface area contributed by atoms with E-state index in [9.17, 15) is 9.18 Å². The van der Waals surface area contributed by atoms with Gasteiger partial charge < -0.3 is 20.4 Å². The molecule has 0 radical (unpaired) electrons. The number of hydrogen-bond acceptors (Lipinski definition) is 4. The fourth-order valence-electron chi connectivity index (χ4n) is 3.59. The second-order valence-corrected chi connectivity index (χ2v) is 7.63. The monoisotopic (exact) mass is 554 g/mol. The number of carbonyl (C=O) groups is 1. The molecule has 3 rings (SSSR count). The van der Waals surface area contributed by atoms with Gasteiger partial charge in [-0.05, 0) is 31.0 Å². The van der Waals surface area contributed by atoms with Crippen molar-refractivity contribution >= 4 is 41.7 Å². The van der Waals surface area contributed by atoms with Crippen LogP contribution in [0.2, 0.25) is 0 Å². The Bertz CT molecular complexity index is 882. The summed E-state index contributed by atoms with van der Waals surface area (Å²) in [7, 11) is 1.81. The van der Waals surface area contributed by atoms with E-state index in [1.807, 2.05) is 49.2 Å². The Balaban J connectivity index is 0.00000363. The number of hydrogen-bond donors (Lipinski definition) is 2. The molecule has 2 heterocycles. The summed E-state index contributed by atoms with van der Waals surface area (Å²) in [6, 6.07) is 13.1. The summed E-state index contributed by atoms with van der Waals surface area (Å²) in [5, 5.41) is 6.63. The molecule has 0 bridgehead atoms. The van der Waals surface area contributed by atoms with Crippen LogP contribution in [0.5, 0.6) is 0 Å². The molecule has 7 nitrogen and oxygen atoms in total. The lowest BCUT2D eigenvalue weighted by atomic mass is 10.2.